The fourth-order valence-corrected chi connectivity index (χ4v) is 2.50. The number of hydrogen-bond donors (Lipinski definition) is 2. The predicted molar refractivity (Wildman–Crippen MR) is 90.9 cm³/mol. The molecule has 0 heterocycles. The van der Waals surface area contributed by atoms with Crippen LogP contribution in [0.3, 0.4) is 0 Å². The van der Waals surface area contributed by atoms with Crippen LogP contribution in [-0.4, -0.2) is 5.91 Å². The summed E-state index contributed by atoms with van der Waals surface area (Å²) in [5.74, 6) is 0.381. The van der Waals surface area contributed by atoms with Crippen molar-refractivity contribution in [3.8, 4) is 0 Å². The van der Waals surface area contributed by atoms with E-state index in [0.29, 0.717) is 0 Å². The van der Waals surface area contributed by atoms with Crippen molar-refractivity contribution in [3.05, 3.63) is 59.7 Å². The zero-order valence-corrected chi connectivity index (χ0v) is 12.9. The molecule has 0 radical (unpaired) electrons. The molecule has 0 aromatic heterocycles. The van der Waals surface area contributed by atoms with Crippen molar-refractivity contribution in [2.75, 3.05) is 10.6 Å². The highest BCUT2D eigenvalue weighted by Gasteiger charge is 2.24. The molecule has 22 heavy (non-hydrogen) atoms. The average molecular weight is 294 g/mol. The predicted octanol–water partition coefficient (Wildman–Crippen LogP) is 4.35. The first-order valence-corrected chi connectivity index (χ1v) is 7.91. The smallest absolute Gasteiger partial charge is 0.227 e. The minimum atomic E-state index is 0.159. The van der Waals surface area contributed by atoms with Crippen molar-refractivity contribution in [2.24, 2.45) is 5.92 Å². The van der Waals surface area contributed by atoms with E-state index in [2.05, 4.69) is 41.8 Å². The first-order valence-electron chi connectivity index (χ1n) is 7.91. The first kappa shape index (κ1) is 14.6. The third-order valence-electron chi connectivity index (χ3n) is 4.25. The summed E-state index contributed by atoms with van der Waals surface area (Å²) in [6.07, 6.45) is 3.24. The minimum Gasteiger partial charge on any atom is -0.381 e. The lowest BCUT2D eigenvalue weighted by atomic mass is 9.85. The molecule has 0 saturated heterocycles. The van der Waals surface area contributed by atoms with Crippen LogP contribution in [0.4, 0.5) is 11.4 Å². The van der Waals surface area contributed by atoms with E-state index in [1.54, 1.807) is 0 Å². The highest BCUT2D eigenvalue weighted by molar-refractivity contribution is 5.93. The molecular formula is C19H22N2O. The molecular weight excluding hydrogens is 272 g/mol. The lowest BCUT2D eigenvalue weighted by Gasteiger charge is -2.24. The summed E-state index contributed by atoms with van der Waals surface area (Å²) < 4.78 is 0. The molecule has 3 rings (SSSR count). The van der Waals surface area contributed by atoms with Gasteiger partial charge in [0.15, 0.2) is 0 Å². The van der Waals surface area contributed by atoms with E-state index in [0.717, 1.165) is 30.8 Å². The van der Waals surface area contributed by atoms with Crippen LogP contribution in [0.25, 0.3) is 0 Å². The van der Waals surface area contributed by atoms with Gasteiger partial charge in [0.05, 0.1) is 0 Å². The lowest BCUT2D eigenvalue weighted by Crippen LogP contribution is -2.27. The molecule has 3 nitrogen and oxygen atoms in total. The Balaban J connectivity index is 1.52. The number of aryl methyl sites for hydroxylation is 1. The molecule has 0 bridgehead atoms. The largest absolute Gasteiger partial charge is 0.381 e. The van der Waals surface area contributed by atoms with Crippen LogP contribution in [0.2, 0.25) is 0 Å². The van der Waals surface area contributed by atoms with Crippen LogP contribution < -0.4 is 10.6 Å². The zero-order chi connectivity index (χ0) is 15.4. The van der Waals surface area contributed by atoms with Crippen molar-refractivity contribution in [3.63, 3.8) is 0 Å². The summed E-state index contributed by atoms with van der Waals surface area (Å²) in [4.78, 5) is 11.9. The SMILES string of the molecule is Cc1ccc(CNc2ccc(NC(=O)C3CCC3)cc2)cc1. The monoisotopic (exact) mass is 294 g/mol. The second-order valence-corrected chi connectivity index (χ2v) is 6.03. The van der Waals surface area contributed by atoms with Gasteiger partial charge in [-0.1, -0.05) is 36.2 Å². The molecule has 2 N–H and O–H groups in total. The van der Waals surface area contributed by atoms with Crippen LogP contribution in [0.15, 0.2) is 48.5 Å². The lowest BCUT2D eigenvalue weighted by molar-refractivity contribution is -0.122. The van der Waals surface area contributed by atoms with E-state index >= 15 is 0 Å². The molecule has 1 aliphatic rings. The van der Waals surface area contributed by atoms with E-state index in [9.17, 15) is 4.79 Å². The highest BCUT2D eigenvalue weighted by atomic mass is 16.1. The van der Waals surface area contributed by atoms with Gasteiger partial charge in [0.2, 0.25) is 5.91 Å². The number of rotatable bonds is 5. The molecule has 0 atom stereocenters. The van der Waals surface area contributed by atoms with Gasteiger partial charge in [-0.15, -0.1) is 0 Å². The van der Waals surface area contributed by atoms with Gasteiger partial charge in [0.25, 0.3) is 0 Å². The summed E-state index contributed by atoms with van der Waals surface area (Å²) in [5.41, 5.74) is 4.46. The van der Waals surface area contributed by atoms with Gasteiger partial charge in [0, 0.05) is 23.8 Å². The molecule has 0 spiro atoms. The molecule has 2 aromatic rings. The third kappa shape index (κ3) is 3.67. The quantitative estimate of drug-likeness (QED) is 0.861. The summed E-state index contributed by atoms with van der Waals surface area (Å²) in [6, 6.07) is 16.4. The molecule has 1 fully saturated rings. The van der Waals surface area contributed by atoms with E-state index in [1.165, 1.54) is 17.5 Å². The maximum absolute atomic E-state index is 11.9. The highest BCUT2D eigenvalue weighted by Crippen LogP contribution is 2.27. The van der Waals surface area contributed by atoms with Crippen LogP contribution in [0.1, 0.15) is 30.4 Å². The van der Waals surface area contributed by atoms with E-state index in [1.807, 2.05) is 24.3 Å². The van der Waals surface area contributed by atoms with Crippen LogP contribution >= 0.6 is 0 Å². The van der Waals surface area contributed by atoms with Crippen LogP contribution in [-0.2, 0) is 11.3 Å². The van der Waals surface area contributed by atoms with Gasteiger partial charge in [-0.2, -0.15) is 0 Å². The summed E-state index contributed by atoms with van der Waals surface area (Å²) in [6.45, 7) is 2.89. The van der Waals surface area contributed by atoms with Crippen molar-refractivity contribution in [2.45, 2.75) is 32.7 Å². The van der Waals surface area contributed by atoms with Crippen molar-refractivity contribution in [1.29, 1.82) is 0 Å². The number of nitrogens with one attached hydrogen (secondary N) is 2. The Morgan fingerprint density at radius 2 is 1.64 bits per heavy atom. The maximum Gasteiger partial charge on any atom is 0.227 e. The van der Waals surface area contributed by atoms with Gasteiger partial charge < -0.3 is 10.6 Å². The van der Waals surface area contributed by atoms with Gasteiger partial charge in [-0.25, -0.2) is 0 Å². The zero-order valence-electron chi connectivity index (χ0n) is 12.9. The molecule has 1 amide bonds. The third-order valence-corrected chi connectivity index (χ3v) is 4.25. The number of amides is 1. The van der Waals surface area contributed by atoms with Crippen LogP contribution in [0.5, 0.6) is 0 Å². The molecule has 0 aliphatic heterocycles. The van der Waals surface area contributed by atoms with Gasteiger partial charge in [-0.05, 0) is 49.6 Å². The van der Waals surface area contributed by atoms with Crippen molar-refractivity contribution in [1.82, 2.24) is 0 Å². The molecule has 1 saturated carbocycles. The number of benzene rings is 2. The van der Waals surface area contributed by atoms with Gasteiger partial charge >= 0.3 is 0 Å². The second-order valence-electron chi connectivity index (χ2n) is 6.03. The average Bonchev–Trinajstić information content (AvgIpc) is 2.46. The Hall–Kier alpha value is -2.29. The van der Waals surface area contributed by atoms with Gasteiger partial charge in [0.1, 0.15) is 0 Å². The fraction of sp³-hybridized carbons (Fsp3) is 0.316. The topological polar surface area (TPSA) is 41.1 Å². The van der Waals surface area contributed by atoms with E-state index < -0.39 is 0 Å². The number of anilines is 2. The summed E-state index contributed by atoms with van der Waals surface area (Å²) in [7, 11) is 0. The van der Waals surface area contributed by atoms with E-state index in [-0.39, 0.29) is 11.8 Å². The molecule has 3 heteroatoms. The molecule has 0 unspecified atom stereocenters. The number of hydrogen-bond acceptors (Lipinski definition) is 2. The Labute approximate surface area is 131 Å². The summed E-state index contributed by atoms with van der Waals surface area (Å²) >= 11 is 0. The standard InChI is InChI=1S/C19H22N2O/c1-14-5-7-15(8-6-14)13-20-17-9-11-18(12-10-17)21-19(22)16-3-2-4-16/h5-12,16,20H,2-4,13H2,1H3,(H,21,22). The summed E-state index contributed by atoms with van der Waals surface area (Å²) in [5, 5.41) is 6.38. The Morgan fingerprint density at radius 1 is 1.00 bits per heavy atom. The normalized spacial score (nSPS) is 14.2. The number of carbonyl (C=O) groups is 1. The Morgan fingerprint density at radius 3 is 2.23 bits per heavy atom. The Bertz CT molecular complexity index is 627. The fourth-order valence-electron chi connectivity index (χ4n) is 2.50. The Kier molecular flexibility index (Phi) is 4.42. The molecule has 2 aromatic carbocycles. The number of carbonyl (C=O) groups excluding carboxylic acids is 1. The minimum absolute atomic E-state index is 0.159. The maximum atomic E-state index is 11.9. The molecule has 1 aliphatic carbocycles. The van der Waals surface area contributed by atoms with Crippen molar-refractivity contribution < 1.29 is 4.79 Å². The van der Waals surface area contributed by atoms with Crippen LogP contribution in [0, 0.1) is 12.8 Å². The van der Waals surface area contributed by atoms with Gasteiger partial charge in [-0.3, -0.25) is 4.79 Å². The first-order chi connectivity index (χ1) is 10.7. The second kappa shape index (κ2) is 6.65. The molecule has 114 valence electrons. The van der Waals surface area contributed by atoms with E-state index in [4.69, 9.17) is 0 Å². The van der Waals surface area contributed by atoms with Crippen molar-refractivity contribution >= 4 is 17.3 Å².